The van der Waals surface area contributed by atoms with E-state index in [2.05, 4.69) is 10.3 Å². The summed E-state index contributed by atoms with van der Waals surface area (Å²) in [7, 11) is 1.75. The molecule has 3 rings (SSSR count). The molecule has 1 aliphatic rings. The standard InChI is InChI=1S/C17H16ClN3O3/c1-21-14-5-3-2-4-12(14)10(7-15(21)22)8-19-16(23)11-6-13(18)17(24)20-9-11/h2-6,9-10H,7-8H2,1H3,(H,19,23)(H,20,24). The monoisotopic (exact) mass is 345 g/mol. The Morgan fingerprint density at radius 2 is 2.12 bits per heavy atom. The number of benzene rings is 1. The number of fused-ring (bicyclic) bond motifs is 1. The van der Waals surface area contributed by atoms with Crippen molar-refractivity contribution in [2.45, 2.75) is 12.3 Å². The van der Waals surface area contributed by atoms with Gasteiger partial charge in [0.15, 0.2) is 0 Å². The zero-order valence-electron chi connectivity index (χ0n) is 13.0. The number of nitrogens with zero attached hydrogens (tertiary/aromatic N) is 1. The SMILES string of the molecule is CN1C(=O)CC(CNC(=O)c2c[nH]c(=O)c(Cl)c2)c2ccccc21. The minimum absolute atomic E-state index is 0.0139. The third-order valence-corrected chi connectivity index (χ3v) is 4.44. The second kappa shape index (κ2) is 6.49. The van der Waals surface area contributed by atoms with Gasteiger partial charge in [-0.3, -0.25) is 14.4 Å². The van der Waals surface area contributed by atoms with Crippen LogP contribution in [-0.4, -0.2) is 30.4 Å². The molecule has 1 atom stereocenters. The molecule has 2 heterocycles. The number of carbonyl (C=O) groups is 2. The highest BCUT2D eigenvalue weighted by Crippen LogP contribution is 2.34. The van der Waals surface area contributed by atoms with Gasteiger partial charge in [-0.2, -0.15) is 0 Å². The van der Waals surface area contributed by atoms with Crippen molar-refractivity contribution in [1.29, 1.82) is 0 Å². The summed E-state index contributed by atoms with van der Waals surface area (Å²) in [4.78, 5) is 39.6. The van der Waals surface area contributed by atoms with E-state index >= 15 is 0 Å². The first-order valence-electron chi connectivity index (χ1n) is 7.49. The van der Waals surface area contributed by atoms with Crippen molar-refractivity contribution >= 4 is 29.1 Å². The Labute approximate surface area is 143 Å². The number of nitrogens with one attached hydrogen (secondary N) is 2. The average molecular weight is 346 g/mol. The summed E-state index contributed by atoms with van der Waals surface area (Å²) in [5, 5.41) is 2.76. The lowest BCUT2D eigenvalue weighted by atomic mass is 9.89. The Bertz CT molecular complexity index is 862. The predicted octanol–water partition coefficient (Wildman–Crippen LogP) is 1.91. The smallest absolute Gasteiger partial charge is 0.266 e. The number of aromatic nitrogens is 1. The van der Waals surface area contributed by atoms with Crippen molar-refractivity contribution < 1.29 is 9.59 Å². The summed E-state index contributed by atoms with van der Waals surface area (Å²) in [6.45, 7) is 0.326. The van der Waals surface area contributed by atoms with E-state index in [0.29, 0.717) is 13.0 Å². The molecule has 1 aliphatic heterocycles. The van der Waals surface area contributed by atoms with Gasteiger partial charge in [0.25, 0.3) is 11.5 Å². The molecule has 0 saturated carbocycles. The molecular weight excluding hydrogens is 330 g/mol. The molecule has 0 fully saturated rings. The van der Waals surface area contributed by atoms with Gasteiger partial charge >= 0.3 is 0 Å². The maximum absolute atomic E-state index is 12.2. The Morgan fingerprint density at radius 3 is 2.88 bits per heavy atom. The van der Waals surface area contributed by atoms with Crippen LogP contribution in [0.2, 0.25) is 5.02 Å². The van der Waals surface area contributed by atoms with Gasteiger partial charge in [-0.25, -0.2) is 0 Å². The predicted molar refractivity (Wildman–Crippen MR) is 91.6 cm³/mol. The van der Waals surface area contributed by atoms with Crippen molar-refractivity contribution in [2.24, 2.45) is 0 Å². The van der Waals surface area contributed by atoms with E-state index in [-0.39, 0.29) is 28.3 Å². The van der Waals surface area contributed by atoms with Crippen molar-refractivity contribution in [3.63, 3.8) is 0 Å². The second-order valence-corrected chi connectivity index (χ2v) is 6.10. The first-order chi connectivity index (χ1) is 11.5. The number of para-hydroxylation sites is 1. The van der Waals surface area contributed by atoms with E-state index in [1.165, 1.54) is 12.3 Å². The summed E-state index contributed by atoms with van der Waals surface area (Å²) in [6, 6.07) is 8.98. The lowest BCUT2D eigenvalue weighted by Gasteiger charge is -2.31. The lowest BCUT2D eigenvalue weighted by Crippen LogP contribution is -2.37. The molecule has 2 amide bonds. The Kier molecular flexibility index (Phi) is 4.40. The first kappa shape index (κ1) is 16.3. The normalized spacial score (nSPS) is 16.7. The van der Waals surface area contributed by atoms with Gasteiger partial charge in [0.2, 0.25) is 5.91 Å². The maximum atomic E-state index is 12.2. The van der Waals surface area contributed by atoms with E-state index in [1.54, 1.807) is 11.9 Å². The quantitative estimate of drug-likeness (QED) is 0.891. The number of H-pyrrole nitrogens is 1. The van der Waals surface area contributed by atoms with Crippen LogP contribution in [0.25, 0.3) is 0 Å². The molecular formula is C17H16ClN3O3. The number of anilines is 1. The lowest BCUT2D eigenvalue weighted by molar-refractivity contribution is -0.119. The molecule has 1 aromatic carbocycles. The Hall–Kier alpha value is -2.60. The van der Waals surface area contributed by atoms with Gasteiger partial charge in [0.05, 0.1) is 5.56 Å². The summed E-state index contributed by atoms with van der Waals surface area (Å²) < 4.78 is 0. The van der Waals surface area contributed by atoms with Crippen molar-refractivity contribution in [3.05, 3.63) is 63.0 Å². The zero-order valence-corrected chi connectivity index (χ0v) is 13.8. The minimum atomic E-state index is -0.442. The molecule has 0 bridgehead atoms. The fourth-order valence-electron chi connectivity index (χ4n) is 2.82. The highest BCUT2D eigenvalue weighted by Gasteiger charge is 2.29. The van der Waals surface area contributed by atoms with E-state index in [1.807, 2.05) is 24.3 Å². The number of carbonyl (C=O) groups excluding carboxylic acids is 2. The molecule has 1 unspecified atom stereocenters. The molecule has 7 heteroatoms. The highest BCUT2D eigenvalue weighted by atomic mass is 35.5. The number of pyridine rings is 1. The third kappa shape index (κ3) is 3.05. The van der Waals surface area contributed by atoms with Crippen LogP contribution in [0, 0.1) is 0 Å². The topological polar surface area (TPSA) is 82.3 Å². The molecule has 1 aromatic heterocycles. The number of hydrogen-bond acceptors (Lipinski definition) is 3. The summed E-state index contributed by atoms with van der Waals surface area (Å²) >= 11 is 5.73. The van der Waals surface area contributed by atoms with Gasteiger partial charge < -0.3 is 15.2 Å². The molecule has 0 spiro atoms. The Balaban J connectivity index is 1.76. The zero-order chi connectivity index (χ0) is 17.3. The highest BCUT2D eigenvalue weighted by molar-refractivity contribution is 6.30. The van der Waals surface area contributed by atoms with Crippen LogP contribution in [0.15, 0.2) is 41.3 Å². The van der Waals surface area contributed by atoms with Gasteiger partial charge in [-0.1, -0.05) is 29.8 Å². The van der Waals surface area contributed by atoms with E-state index in [9.17, 15) is 14.4 Å². The van der Waals surface area contributed by atoms with Crippen LogP contribution in [0.1, 0.15) is 28.3 Å². The largest absolute Gasteiger partial charge is 0.351 e. The van der Waals surface area contributed by atoms with E-state index < -0.39 is 5.56 Å². The summed E-state index contributed by atoms with van der Waals surface area (Å²) in [5.74, 6) is -0.427. The molecule has 0 saturated heterocycles. The molecule has 24 heavy (non-hydrogen) atoms. The van der Waals surface area contributed by atoms with E-state index in [4.69, 9.17) is 11.6 Å². The van der Waals surface area contributed by atoms with Crippen LogP contribution in [0.5, 0.6) is 0 Å². The first-order valence-corrected chi connectivity index (χ1v) is 7.87. The summed E-state index contributed by atoms with van der Waals surface area (Å²) in [6.07, 6.45) is 1.65. The van der Waals surface area contributed by atoms with Crippen LogP contribution in [0.4, 0.5) is 5.69 Å². The van der Waals surface area contributed by atoms with Crippen molar-refractivity contribution in [2.75, 3.05) is 18.5 Å². The molecule has 2 N–H and O–H groups in total. The van der Waals surface area contributed by atoms with Gasteiger partial charge in [0, 0.05) is 37.8 Å². The number of rotatable bonds is 3. The maximum Gasteiger partial charge on any atom is 0.266 e. The van der Waals surface area contributed by atoms with Gasteiger partial charge in [-0.05, 0) is 17.7 Å². The molecule has 0 aliphatic carbocycles. The third-order valence-electron chi connectivity index (χ3n) is 4.16. The molecule has 0 radical (unpaired) electrons. The number of aromatic amines is 1. The second-order valence-electron chi connectivity index (χ2n) is 5.69. The Morgan fingerprint density at radius 1 is 1.38 bits per heavy atom. The average Bonchev–Trinajstić information content (AvgIpc) is 2.59. The summed E-state index contributed by atoms with van der Waals surface area (Å²) in [5.41, 5.74) is 1.72. The molecule has 124 valence electrons. The minimum Gasteiger partial charge on any atom is -0.351 e. The van der Waals surface area contributed by atoms with Crippen LogP contribution in [-0.2, 0) is 4.79 Å². The van der Waals surface area contributed by atoms with Gasteiger partial charge in [0.1, 0.15) is 5.02 Å². The van der Waals surface area contributed by atoms with Crippen molar-refractivity contribution in [3.8, 4) is 0 Å². The van der Waals surface area contributed by atoms with Crippen LogP contribution >= 0.6 is 11.6 Å². The number of halogens is 1. The van der Waals surface area contributed by atoms with Gasteiger partial charge in [-0.15, -0.1) is 0 Å². The van der Waals surface area contributed by atoms with E-state index in [0.717, 1.165) is 11.3 Å². The molecule has 6 nitrogen and oxygen atoms in total. The number of hydrogen-bond donors (Lipinski definition) is 2. The fraction of sp³-hybridized carbons (Fsp3) is 0.235. The number of amides is 2. The molecule has 2 aromatic rings. The van der Waals surface area contributed by atoms with Crippen LogP contribution in [0.3, 0.4) is 0 Å². The van der Waals surface area contributed by atoms with Crippen LogP contribution < -0.4 is 15.8 Å². The fourth-order valence-corrected chi connectivity index (χ4v) is 2.99. The van der Waals surface area contributed by atoms with Crippen molar-refractivity contribution in [1.82, 2.24) is 10.3 Å².